The van der Waals surface area contributed by atoms with Gasteiger partial charge in [0.25, 0.3) is 0 Å². The maximum Gasteiger partial charge on any atom is 0.119 e. The Morgan fingerprint density at radius 3 is 3.05 bits per heavy atom. The number of hydrogen-bond acceptors (Lipinski definition) is 3. The first-order valence-corrected chi connectivity index (χ1v) is 7.21. The fourth-order valence-corrected chi connectivity index (χ4v) is 3.19. The Labute approximate surface area is 115 Å². The minimum atomic E-state index is 0.123. The SMILES string of the molecule is CCC1(C)COC2c3cc(OC)ccc3CCC2N1. The van der Waals surface area contributed by atoms with E-state index in [2.05, 4.69) is 31.3 Å². The lowest BCUT2D eigenvalue weighted by Gasteiger charge is -2.46. The number of aryl methyl sites for hydroxylation is 1. The van der Waals surface area contributed by atoms with Crippen LogP contribution >= 0.6 is 0 Å². The monoisotopic (exact) mass is 261 g/mol. The minimum absolute atomic E-state index is 0.123. The van der Waals surface area contributed by atoms with Gasteiger partial charge in [-0.25, -0.2) is 0 Å². The van der Waals surface area contributed by atoms with Crippen LogP contribution in [0.3, 0.4) is 0 Å². The lowest BCUT2D eigenvalue weighted by molar-refractivity contribution is -0.0666. The van der Waals surface area contributed by atoms with Gasteiger partial charge in [-0.05, 0) is 49.4 Å². The third-order valence-electron chi connectivity index (χ3n) is 4.65. The maximum absolute atomic E-state index is 6.20. The molecule has 1 aromatic carbocycles. The van der Waals surface area contributed by atoms with Crippen LogP contribution in [0.15, 0.2) is 18.2 Å². The van der Waals surface area contributed by atoms with Crippen molar-refractivity contribution in [1.82, 2.24) is 5.32 Å². The van der Waals surface area contributed by atoms with Crippen LogP contribution in [0, 0.1) is 0 Å². The number of hydrogen-bond donors (Lipinski definition) is 1. The van der Waals surface area contributed by atoms with Gasteiger partial charge >= 0.3 is 0 Å². The molecule has 1 aromatic rings. The molecule has 0 spiro atoms. The van der Waals surface area contributed by atoms with Gasteiger partial charge in [0.05, 0.1) is 19.8 Å². The molecule has 19 heavy (non-hydrogen) atoms. The molecule has 104 valence electrons. The molecule has 1 saturated heterocycles. The number of nitrogens with one attached hydrogen (secondary N) is 1. The summed E-state index contributed by atoms with van der Waals surface area (Å²) >= 11 is 0. The van der Waals surface area contributed by atoms with Crippen LogP contribution in [0.4, 0.5) is 0 Å². The van der Waals surface area contributed by atoms with Gasteiger partial charge in [0.15, 0.2) is 0 Å². The molecule has 1 N–H and O–H groups in total. The van der Waals surface area contributed by atoms with E-state index in [-0.39, 0.29) is 11.6 Å². The molecule has 1 heterocycles. The van der Waals surface area contributed by atoms with Crippen LogP contribution < -0.4 is 10.1 Å². The lowest BCUT2D eigenvalue weighted by Crippen LogP contribution is -2.58. The Bertz CT molecular complexity index is 474. The largest absolute Gasteiger partial charge is 0.497 e. The molecule has 3 atom stereocenters. The van der Waals surface area contributed by atoms with E-state index < -0.39 is 0 Å². The average Bonchev–Trinajstić information content (AvgIpc) is 2.46. The molecule has 0 radical (unpaired) electrons. The zero-order valence-electron chi connectivity index (χ0n) is 12.0. The van der Waals surface area contributed by atoms with Crippen molar-refractivity contribution < 1.29 is 9.47 Å². The van der Waals surface area contributed by atoms with E-state index in [1.54, 1.807) is 7.11 Å². The van der Waals surface area contributed by atoms with Gasteiger partial charge in [0, 0.05) is 11.6 Å². The molecule has 1 fully saturated rings. The van der Waals surface area contributed by atoms with E-state index in [0.29, 0.717) is 6.04 Å². The Morgan fingerprint density at radius 2 is 2.32 bits per heavy atom. The molecule has 3 rings (SSSR count). The summed E-state index contributed by atoms with van der Waals surface area (Å²) in [5, 5.41) is 3.79. The molecular weight excluding hydrogens is 238 g/mol. The number of rotatable bonds is 2. The standard InChI is InChI=1S/C16H23NO2/c1-4-16(2)10-19-15-13-9-12(18-3)7-5-11(13)6-8-14(15)17-16/h5,7,9,14-15,17H,4,6,8,10H2,1-3H3. The van der Waals surface area contributed by atoms with E-state index >= 15 is 0 Å². The lowest BCUT2D eigenvalue weighted by atomic mass is 9.82. The van der Waals surface area contributed by atoms with E-state index in [1.165, 1.54) is 11.1 Å². The van der Waals surface area contributed by atoms with E-state index in [0.717, 1.165) is 31.6 Å². The van der Waals surface area contributed by atoms with E-state index in [4.69, 9.17) is 9.47 Å². The predicted octanol–water partition coefficient (Wildman–Crippen LogP) is 2.84. The number of ether oxygens (including phenoxy) is 2. The highest BCUT2D eigenvalue weighted by Crippen LogP contribution is 2.39. The maximum atomic E-state index is 6.20. The summed E-state index contributed by atoms with van der Waals surface area (Å²) in [7, 11) is 1.72. The van der Waals surface area contributed by atoms with Crippen LogP contribution in [0.1, 0.15) is 43.9 Å². The van der Waals surface area contributed by atoms with Gasteiger partial charge in [-0.1, -0.05) is 13.0 Å². The molecule has 1 aliphatic carbocycles. The van der Waals surface area contributed by atoms with Crippen molar-refractivity contribution in [1.29, 1.82) is 0 Å². The average molecular weight is 261 g/mol. The number of benzene rings is 1. The van der Waals surface area contributed by atoms with Crippen LogP contribution in [0.25, 0.3) is 0 Å². The molecule has 0 bridgehead atoms. The minimum Gasteiger partial charge on any atom is -0.497 e. The van der Waals surface area contributed by atoms with Gasteiger partial charge in [-0.3, -0.25) is 0 Å². The quantitative estimate of drug-likeness (QED) is 0.888. The summed E-state index contributed by atoms with van der Waals surface area (Å²) < 4.78 is 11.5. The van der Waals surface area contributed by atoms with Gasteiger partial charge in [0.1, 0.15) is 5.75 Å². The summed E-state index contributed by atoms with van der Waals surface area (Å²) in [5.74, 6) is 0.923. The van der Waals surface area contributed by atoms with Gasteiger partial charge < -0.3 is 14.8 Å². The second-order valence-electron chi connectivity index (χ2n) is 6.00. The summed E-state index contributed by atoms with van der Waals surface area (Å²) in [5.41, 5.74) is 2.84. The number of fused-ring (bicyclic) bond motifs is 3. The van der Waals surface area contributed by atoms with Crippen LogP contribution in [-0.2, 0) is 11.2 Å². The summed E-state index contributed by atoms with van der Waals surface area (Å²) in [6.45, 7) is 5.25. The second-order valence-corrected chi connectivity index (χ2v) is 6.00. The molecule has 0 saturated carbocycles. The molecule has 0 amide bonds. The topological polar surface area (TPSA) is 30.5 Å². The van der Waals surface area contributed by atoms with Crippen molar-refractivity contribution in [3.63, 3.8) is 0 Å². The van der Waals surface area contributed by atoms with Gasteiger partial charge in [-0.15, -0.1) is 0 Å². The first-order valence-electron chi connectivity index (χ1n) is 7.21. The molecular formula is C16H23NO2. The highest BCUT2D eigenvalue weighted by atomic mass is 16.5. The van der Waals surface area contributed by atoms with Crippen molar-refractivity contribution in [2.45, 2.75) is 50.8 Å². The predicted molar refractivity (Wildman–Crippen MR) is 75.6 cm³/mol. The van der Waals surface area contributed by atoms with Crippen molar-refractivity contribution >= 4 is 0 Å². The zero-order chi connectivity index (χ0) is 13.5. The normalized spacial score (nSPS) is 33.4. The summed E-state index contributed by atoms with van der Waals surface area (Å²) in [4.78, 5) is 0. The van der Waals surface area contributed by atoms with Gasteiger partial charge in [0.2, 0.25) is 0 Å². The first kappa shape index (κ1) is 12.9. The van der Waals surface area contributed by atoms with Crippen molar-refractivity contribution in [3.05, 3.63) is 29.3 Å². The van der Waals surface area contributed by atoms with Crippen molar-refractivity contribution in [2.24, 2.45) is 0 Å². The number of methoxy groups -OCH3 is 1. The molecule has 1 aliphatic heterocycles. The van der Waals surface area contributed by atoms with Gasteiger partial charge in [-0.2, -0.15) is 0 Å². The van der Waals surface area contributed by atoms with E-state index in [1.807, 2.05) is 6.07 Å². The Morgan fingerprint density at radius 1 is 1.47 bits per heavy atom. The molecule has 3 unspecified atom stereocenters. The smallest absolute Gasteiger partial charge is 0.119 e. The molecule has 3 heteroatoms. The Hall–Kier alpha value is -1.06. The van der Waals surface area contributed by atoms with Crippen molar-refractivity contribution in [2.75, 3.05) is 13.7 Å². The van der Waals surface area contributed by atoms with Crippen LogP contribution in [-0.4, -0.2) is 25.3 Å². The van der Waals surface area contributed by atoms with E-state index in [9.17, 15) is 0 Å². The van der Waals surface area contributed by atoms with Crippen LogP contribution in [0.5, 0.6) is 5.75 Å². The Kier molecular flexibility index (Phi) is 3.27. The van der Waals surface area contributed by atoms with Crippen LogP contribution in [0.2, 0.25) is 0 Å². The summed E-state index contributed by atoms with van der Waals surface area (Å²) in [6.07, 6.45) is 3.55. The summed E-state index contributed by atoms with van der Waals surface area (Å²) in [6, 6.07) is 6.80. The molecule has 2 aliphatic rings. The Balaban J connectivity index is 1.89. The first-order chi connectivity index (χ1) is 9.15. The highest BCUT2D eigenvalue weighted by molar-refractivity contribution is 5.40. The third kappa shape index (κ3) is 2.26. The van der Waals surface area contributed by atoms with Crippen molar-refractivity contribution in [3.8, 4) is 5.75 Å². The fraction of sp³-hybridized carbons (Fsp3) is 0.625. The molecule has 0 aromatic heterocycles. The molecule has 3 nitrogen and oxygen atoms in total. The second kappa shape index (κ2) is 4.80. The number of morpholine rings is 1. The third-order valence-corrected chi connectivity index (χ3v) is 4.65. The fourth-order valence-electron chi connectivity index (χ4n) is 3.19. The zero-order valence-corrected chi connectivity index (χ0v) is 12.0. The highest BCUT2D eigenvalue weighted by Gasteiger charge is 2.40.